The molecule has 1 aromatic rings. The first-order valence-electron chi connectivity index (χ1n) is 7.72. The van der Waals surface area contributed by atoms with Crippen LogP contribution < -0.4 is 5.32 Å². The van der Waals surface area contributed by atoms with E-state index in [1.54, 1.807) is 12.1 Å². The van der Waals surface area contributed by atoms with E-state index in [0.717, 1.165) is 30.5 Å². The molecule has 104 valence electrons. The van der Waals surface area contributed by atoms with Crippen molar-refractivity contribution in [2.24, 2.45) is 11.8 Å². The van der Waals surface area contributed by atoms with Gasteiger partial charge in [-0.25, -0.2) is 4.39 Å². The highest BCUT2D eigenvalue weighted by molar-refractivity contribution is 5.23. The molecule has 3 rings (SSSR count). The fourth-order valence-corrected chi connectivity index (χ4v) is 3.45. The van der Waals surface area contributed by atoms with Crippen LogP contribution in [0.2, 0.25) is 0 Å². The quantitative estimate of drug-likeness (QED) is 0.860. The standard InChI is InChI=1S/C17H24FN/c1-12-6-7-13(11-19-14-8-9-14)16(10-12)15-4-2-3-5-17(15)18/h2-5,12-14,16,19H,6-11H2,1H3. The van der Waals surface area contributed by atoms with Gasteiger partial charge in [0.2, 0.25) is 0 Å². The molecule has 1 N–H and O–H groups in total. The van der Waals surface area contributed by atoms with Crippen LogP contribution in [0.4, 0.5) is 4.39 Å². The maximum Gasteiger partial charge on any atom is 0.126 e. The van der Waals surface area contributed by atoms with E-state index in [-0.39, 0.29) is 5.82 Å². The van der Waals surface area contributed by atoms with Crippen LogP contribution >= 0.6 is 0 Å². The van der Waals surface area contributed by atoms with Crippen LogP contribution in [0.25, 0.3) is 0 Å². The SMILES string of the molecule is CC1CCC(CNC2CC2)C(c2ccccc2F)C1. The molecule has 0 bridgehead atoms. The summed E-state index contributed by atoms with van der Waals surface area (Å²) >= 11 is 0. The molecule has 1 aromatic carbocycles. The number of hydrogen-bond acceptors (Lipinski definition) is 1. The van der Waals surface area contributed by atoms with Gasteiger partial charge in [0.15, 0.2) is 0 Å². The van der Waals surface area contributed by atoms with Gasteiger partial charge in [-0.3, -0.25) is 0 Å². The summed E-state index contributed by atoms with van der Waals surface area (Å²) in [5.41, 5.74) is 0.941. The number of halogens is 1. The smallest absolute Gasteiger partial charge is 0.126 e. The molecule has 3 unspecified atom stereocenters. The van der Waals surface area contributed by atoms with Crippen molar-refractivity contribution in [2.45, 2.75) is 51.0 Å². The van der Waals surface area contributed by atoms with Gasteiger partial charge in [-0.1, -0.05) is 31.5 Å². The first-order chi connectivity index (χ1) is 9.24. The van der Waals surface area contributed by atoms with Crippen molar-refractivity contribution >= 4 is 0 Å². The third kappa shape index (κ3) is 3.17. The van der Waals surface area contributed by atoms with Gasteiger partial charge in [0.25, 0.3) is 0 Å². The molecule has 0 aliphatic heterocycles. The van der Waals surface area contributed by atoms with E-state index >= 15 is 0 Å². The normalized spacial score (nSPS) is 31.4. The summed E-state index contributed by atoms with van der Waals surface area (Å²) in [6.07, 6.45) is 6.32. The van der Waals surface area contributed by atoms with Crippen molar-refractivity contribution < 1.29 is 4.39 Å². The second-order valence-corrected chi connectivity index (χ2v) is 6.49. The second-order valence-electron chi connectivity index (χ2n) is 6.49. The Bertz CT molecular complexity index is 427. The minimum Gasteiger partial charge on any atom is -0.314 e. The average molecular weight is 261 g/mol. The molecule has 0 spiro atoms. The molecule has 0 aromatic heterocycles. The highest BCUT2D eigenvalue weighted by Crippen LogP contribution is 2.41. The number of benzene rings is 1. The molecule has 2 heteroatoms. The van der Waals surface area contributed by atoms with E-state index in [4.69, 9.17) is 0 Å². The van der Waals surface area contributed by atoms with E-state index in [1.165, 1.54) is 25.7 Å². The summed E-state index contributed by atoms with van der Waals surface area (Å²) in [7, 11) is 0. The second kappa shape index (κ2) is 5.62. The van der Waals surface area contributed by atoms with E-state index in [2.05, 4.69) is 12.2 Å². The zero-order valence-electron chi connectivity index (χ0n) is 11.7. The molecule has 0 heterocycles. The summed E-state index contributed by atoms with van der Waals surface area (Å²) in [6.45, 7) is 3.37. The van der Waals surface area contributed by atoms with Crippen LogP contribution in [-0.4, -0.2) is 12.6 Å². The number of hydrogen-bond donors (Lipinski definition) is 1. The van der Waals surface area contributed by atoms with E-state index in [9.17, 15) is 4.39 Å². The van der Waals surface area contributed by atoms with E-state index in [0.29, 0.717) is 11.8 Å². The maximum absolute atomic E-state index is 14.1. The van der Waals surface area contributed by atoms with Crippen LogP contribution in [0.5, 0.6) is 0 Å². The molecule has 0 amide bonds. The Kier molecular flexibility index (Phi) is 3.88. The molecule has 2 aliphatic carbocycles. The van der Waals surface area contributed by atoms with Crippen molar-refractivity contribution in [3.63, 3.8) is 0 Å². The summed E-state index contributed by atoms with van der Waals surface area (Å²) in [5, 5.41) is 3.64. The first kappa shape index (κ1) is 13.1. The lowest BCUT2D eigenvalue weighted by molar-refractivity contribution is 0.237. The Balaban J connectivity index is 1.74. The molecule has 1 nitrogen and oxygen atoms in total. The summed E-state index contributed by atoms with van der Waals surface area (Å²) < 4.78 is 14.1. The molecule has 2 fully saturated rings. The Morgan fingerprint density at radius 3 is 2.68 bits per heavy atom. The molecule has 0 radical (unpaired) electrons. The lowest BCUT2D eigenvalue weighted by Gasteiger charge is -2.35. The Hall–Kier alpha value is -0.890. The van der Waals surface area contributed by atoms with Crippen molar-refractivity contribution in [1.82, 2.24) is 5.32 Å². The van der Waals surface area contributed by atoms with Crippen LogP contribution in [0.1, 0.15) is 50.5 Å². The average Bonchev–Trinajstić information content (AvgIpc) is 3.22. The summed E-state index contributed by atoms with van der Waals surface area (Å²) in [4.78, 5) is 0. The molecule has 19 heavy (non-hydrogen) atoms. The van der Waals surface area contributed by atoms with Crippen molar-refractivity contribution in [2.75, 3.05) is 6.54 Å². The van der Waals surface area contributed by atoms with Gasteiger partial charge in [-0.15, -0.1) is 0 Å². The monoisotopic (exact) mass is 261 g/mol. The van der Waals surface area contributed by atoms with E-state index in [1.807, 2.05) is 12.1 Å². The zero-order chi connectivity index (χ0) is 13.2. The molecular formula is C17H24FN. The Morgan fingerprint density at radius 2 is 1.95 bits per heavy atom. The van der Waals surface area contributed by atoms with Gasteiger partial charge in [0, 0.05) is 6.04 Å². The largest absolute Gasteiger partial charge is 0.314 e. The minimum atomic E-state index is -0.0157. The van der Waals surface area contributed by atoms with Gasteiger partial charge in [-0.05, 0) is 61.6 Å². The Morgan fingerprint density at radius 1 is 1.16 bits per heavy atom. The third-order valence-electron chi connectivity index (χ3n) is 4.81. The van der Waals surface area contributed by atoms with Gasteiger partial charge >= 0.3 is 0 Å². The summed E-state index contributed by atoms with van der Waals surface area (Å²) in [6, 6.07) is 8.12. The lowest BCUT2D eigenvalue weighted by atomic mass is 9.71. The molecule has 0 saturated heterocycles. The molecule has 3 atom stereocenters. The van der Waals surface area contributed by atoms with Crippen LogP contribution in [0.15, 0.2) is 24.3 Å². The highest BCUT2D eigenvalue weighted by atomic mass is 19.1. The van der Waals surface area contributed by atoms with Crippen molar-refractivity contribution in [3.05, 3.63) is 35.6 Å². The predicted octanol–water partition coefficient (Wildman–Crippen LogP) is 4.10. The predicted molar refractivity (Wildman–Crippen MR) is 76.7 cm³/mol. The van der Waals surface area contributed by atoms with Gasteiger partial charge in [0.1, 0.15) is 5.82 Å². The fourth-order valence-electron chi connectivity index (χ4n) is 3.45. The van der Waals surface area contributed by atoms with Gasteiger partial charge in [-0.2, -0.15) is 0 Å². The van der Waals surface area contributed by atoms with Crippen LogP contribution in [-0.2, 0) is 0 Å². The van der Waals surface area contributed by atoms with Crippen LogP contribution in [0, 0.1) is 17.7 Å². The lowest BCUT2D eigenvalue weighted by Crippen LogP contribution is -2.32. The topological polar surface area (TPSA) is 12.0 Å². The highest BCUT2D eigenvalue weighted by Gasteiger charge is 2.32. The first-order valence-corrected chi connectivity index (χ1v) is 7.72. The zero-order valence-corrected chi connectivity index (χ0v) is 11.7. The van der Waals surface area contributed by atoms with E-state index < -0.39 is 0 Å². The number of rotatable bonds is 4. The molecule has 2 saturated carbocycles. The van der Waals surface area contributed by atoms with Gasteiger partial charge in [0.05, 0.1) is 0 Å². The molecular weight excluding hydrogens is 237 g/mol. The Labute approximate surface area is 115 Å². The van der Waals surface area contributed by atoms with Crippen LogP contribution in [0.3, 0.4) is 0 Å². The van der Waals surface area contributed by atoms with Crippen molar-refractivity contribution in [3.8, 4) is 0 Å². The summed E-state index contributed by atoms with van der Waals surface area (Å²) in [5.74, 6) is 1.71. The third-order valence-corrected chi connectivity index (χ3v) is 4.81. The fraction of sp³-hybridized carbons (Fsp3) is 0.647. The molecule has 2 aliphatic rings. The number of nitrogens with one attached hydrogen (secondary N) is 1. The maximum atomic E-state index is 14.1. The van der Waals surface area contributed by atoms with Gasteiger partial charge < -0.3 is 5.32 Å². The minimum absolute atomic E-state index is 0.0157. The van der Waals surface area contributed by atoms with Crippen molar-refractivity contribution in [1.29, 1.82) is 0 Å².